The lowest BCUT2D eigenvalue weighted by Gasteiger charge is -2.25. The molecule has 0 radical (unpaired) electrons. The Labute approximate surface area is 125 Å². The van der Waals surface area contributed by atoms with Crippen molar-refractivity contribution in [3.05, 3.63) is 30.6 Å². The molecule has 2 N–H and O–H groups in total. The SMILES string of the molecule is Nc1c(N2CCC(N3CCCC3)C2)ccc2cnccc12. The van der Waals surface area contributed by atoms with Crippen LogP contribution in [-0.2, 0) is 0 Å². The highest BCUT2D eigenvalue weighted by atomic mass is 15.3. The lowest BCUT2D eigenvalue weighted by molar-refractivity contribution is 0.260. The van der Waals surface area contributed by atoms with Crippen LogP contribution < -0.4 is 10.6 Å². The summed E-state index contributed by atoms with van der Waals surface area (Å²) in [5.74, 6) is 0. The molecule has 4 nitrogen and oxygen atoms in total. The molecule has 0 amide bonds. The monoisotopic (exact) mass is 282 g/mol. The van der Waals surface area contributed by atoms with Crippen LogP contribution in [0.4, 0.5) is 11.4 Å². The molecule has 0 saturated carbocycles. The number of likely N-dealkylation sites (tertiary alicyclic amines) is 1. The van der Waals surface area contributed by atoms with Gasteiger partial charge in [0.1, 0.15) is 0 Å². The molecule has 1 aromatic heterocycles. The first-order valence-electron chi connectivity index (χ1n) is 7.94. The van der Waals surface area contributed by atoms with Crippen molar-refractivity contribution >= 4 is 22.1 Å². The van der Waals surface area contributed by atoms with Gasteiger partial charge in [-0.3, -0.25) is 9.88 Å². The molecular formula is C17H22N4. The van der Waals surface area contributed by atoms with Crippen LogP contribution in [0.2, 0.25) is 0 Å². The third kappa shape index (κ3) is 2.23. The lowest BCUT2D eigenvalue weighted by Crippen LogP contribution is -2.35. The van der Waals surface area contributed by atoms with Gasteiger partial charge in [-0.1, -0.05) is 6.07 Å². The molecule has 0 bridgehead atoms. The van der Waals surface area contributed by atoms with E-state index in [1.807, 2.05) is 18.5 Å². The van der Waals surface area contributed by atoms with E-state index in [4.69, 9.17) is 5.73 Å². The zero-order chi connectivity index (χ0) is 14.2. The maximum absolute atomic E-state index is 6.41. The van der Waals surface area contributed by atoms with Crippen molar-refractivity contribution in [2.24, 2.45) is 0 Å². The van der Waals surface area contributed by atoms with Crippen LogP contribution >= 0.6 is 0 Å². The fraction of sp³-hybridized carbons (Fsp3) is 0.471. The Morgan fingerprint density at radius 1 is 1.10 bits per heavy atom. The average molecular weight is 282 g/mol. The number of anilines is 2. The first-order chi connectivity index (χ1) is 10.3. The summed E-state index contributed by atoms with van der Waals surface area (Å²) in [4.78, 5) is 9.28. The third-order valence-electron chi connectivity index (χ3n) is 5.00. The van der Waals surface area contributed by atoms with Gasteiger partial charge < -0.3 is 10.6 Å². The summed E-state index contributed by atoms with van der Waals surface area (Å²) in [6.07, 6.45) is 7.68. The summed E-state index contributed by atoms with van der Waals surface area (Å²) in [5, 5.41) is 2.24. The zero-order valence-corrected chi connectivity index (χ0v) is 12.3. The van der Waals surface area contributed by atoms with Crippen LogP contribution in [0.25, 0.3) is 10.8 Å². The number of nitrogen functional groups attached to an aromatic ring is 1. The van der Waals surface area contributed by atoms with Crippen LogP contribution in [0.1, 0.15) is 19.3 Å². The van der Waals surface area contributed by atoms with E-state index < -0.39 is 0 Å². The predicted molar refractivity (Wildman–Crippen MR) is 87.6 cm³/mol. The van der Waals surface area contributed by atoms with Crippen molar-refractivity contribution in [3.8, 4) is 0 Å². The highest BCUT2D eigenvalue weighted by molar-refractivity contribution is 5.98. The molecule has 2 fully saturated rings. The van der Waals surface area contributed by atoms with Crippen LogP contribution in [0.3, 0.4) is 0 Å². The second-order valence-electron chi connectivity index (χ2n) is 6.23. The maximum atomic E-state index is 6.41. The van der Waals surface area contributed by atoms with Gasteiger partial charge in [0, 0.05) is 42.3 Å². The molecule has 4 heteroatoms. The zero-order valence-electron chi connectivity index (χ0n) is 12.3. The van der Waals surface area contributed by atoms with Crippen LogP contribution in [0.5, 0.6) is 0 Å². The number of nitrogens with two attached hydrogens (primary N) is 1. The molecule has 2 aliphatic rings. The molecule has 21 heavy (non-hydrogen) atoms. The Bertz CT molecular complexity index is 648. The molecule has 1 unspecified atom stereocenters. The Hall–Kier alpha value is -1.81. The fourth-order valence-electron chi connectivity index (χ4n) is 3.82. The number of pyridine rings is 1. The molecular weight excluding hydrogens is 260 g/mol. The number of nitrogens with zero attached hydrogens (tertiary/aromatic N) is 3. The molecule has 2 saturated heterocycles. The van der Waals surface area contributed by atoms with Gasteiger partial charge in [0.2, 0.25) is 0 Å². The van der Waals surface area contributed by atoms with Crippen molar-refractivity contribution in [1.82, 2.24) is 9.88 Å². The van der Waals surface area contributed by atoms with Gasteiger partial charge in [0.15, 0.2) is 0 Å². The van der Waals surface area contributed by atoms with Gasteiger partial charge in [-0.2, -0.15) is 0 Å². The van der Waals surface area contributed by atoms with Gasteiger partial charge >= 0.3 is 0 Å². The third-order valence-corrected chi connectivity index (χ3v) is 5.00. The molecule has 3 heterocycles. The van der Waals surface area contributed by atoms with E-state index in [9.17, 15) is 0 Å². The summed E-state index contributed by atoms with van der Waals surface area (Å²) in [7, 11) is 0. The molecule has 110 valence electrons. The minimum Gasteiger partial charge on any atom is -0.397 e. The first-order valence-corrected chi connectivity index (χ1v) is 7.94. The summed E-state index contributed by atoms with van der Waals surface area (Å²) in [6, 6.07) is 7.02. The maximum Gasteiger partial charge on any atom is 0.0632 e. The number of hydrogen-bond donors (Lipinski definition) is 1. The second kappa shape index (κ2) is 5.19. The normalized spacial score (nSPS) is 23.2. The minimum atomic E-state index is 0.708. The molecule has 2 aliphatic heterocycles. The number of aromatic nitrogens is 1. The topological polar surface area (TPSA) is 45.4 Å². The predicted octanol–water partition coefficient (Wildman–Crippen LogP) is 2.49. The van der Waals surface area contributed by atoms with Gasteiger partial charge in [-0.05, 0) is 44.5 Å². The molecule has 2 aromatic rings. The van der Waals surface area contributed by atoms with Crippen molar-refractivity contribution in [3.63, 3.8) is 0 Å². The fourth-order valence-corrected chi connectivity index (χ4v) is 3.82. The van der Waals surface area contributed by atoms with E-state index in [0.717, 1.165) is 29.5 Å². The largest absolute Gasteiger partial charge is 0.397 e. The van der Waals surface area contributed by atoms with E-state index in [0.29, 0.717) is 6.04 Å². The number of hydrogen-bond acceptors (Lipinski definition) is 4. The lowest BCUT2D eigenvalue weighted by atomic mass is 10.1. The Morgan fingerprint density at radius 3 is 2.81 bits per heavy atom. The van der Waals surface area contributed by atoms with Crippen LogP contribution in [-0.4, -0.2) is 42.1 Å². The van der Waals surface area contributed by atoms with Crippen LogP contribution in [0.15, 0.2) is 30.6 Å². The van der Waals surface area contributed by atoms with Gasteiger partial charge in [-0.15, -0.1) is 0 Å². The summed E-state index contributed by atoms with van der Waals surface area (Å²) < 4.78 is 0. The standard InChI is InChI=1S/C17H22N4/c18-17-15-5-7-19-11-13(15)3-4-16(17)21-10-6-14(12-21)20-8-1-2-9-20/h3-5,7,11,14H,1-2,6,8-10,12,18H2. The van der Waals surface area contributed by atoms with Gasteiger partial charge in [-0.25, -0.2) is 0 Å². The Kier molecular flexibility index (Phi) is 3.19. The van der Waals surface area contributed by atoms with E-state index in [2.05, 4.69) is 26.9 Å². The van der Waals surface area contributed by atoms with Crippen molar-refractivity contribution in [1.29, 1.82) is 0 Å². The molecule has 1 aromatic carbocycles. The first kappa shape index (κ1) is 12.9. The highest BCUT2D eigenvalue weighted by Gasteiger charge is 2.30. The van der Waals surface area contributed by atoms with Crippen molar-refractivity contribution in [2.75, 3.05) is 36.8 Å². The van der Waals surface area contributed by atoms with Crippen molar-refractivity contribution < 1.29 is 0 Å². The summed E-state index contributed by atoms with van der Waals surface area (Å²) in [6.45, 7) is 4.78. The van der Waals surface area contributed by atoms with Gasteiger partial charge in [0.25, 0.3) is 0 Å². The Balaban J connectivity index is 1.60. The Morgan fingerprint density at radius 2 is 1.95 bits per heavy atom. The smallest absolute Gasteiger partial charge is 0.0632 e. The van der Waals surface area contributed by atoms with E-state index in [1.54, 1.807) is 0 Å². The summed E-state index contributed by atoms with van der Waals surface area (Å²) >= 11 is 0. The minimum absolute atomic E-state index is 0.708. The molecule has 0 aliphatic carbocycles. The number of benzene rings is 1. The van der Waals surface area contributed by atoms with Gasteiger partial charge in [0.05, 0.1) is 11.4 Å². The average Bonchev–Trinajstić information content (AvgIpc) is 3.19. The quantitative estimate of drug-likeness (QED) is 0.860. The van der Waals surface area contributed by atoms with Crippen molar-refractivity contribution in [2.45, 2.75) is 25.3 Å². The summed E-state index contributed by atoms with van der Waals surface area (Å²) in [5.41, 5.74) is 8.50. The number of fused-ring (bicyclic) bond motifs is 1. The number of rotatable bonds is 2. The molecule has 0 spiro atoms. The second-order valence-corrected chi connectivity index (χ2v) is 6.23. The van der Waals surface area contributed by atoms with E-state index >= 15 is 0 Å². The van der Waals surface area contributed by atoms with E-state index in [1.165, 1.54) is 38.0 Å². The van der Waals surface area contributed by atoms with E-state index in [-0.39, 0.29) is 0 Å². The van der Waals surface area contributed by atoms with Crippen LogP contribution in [0, 0.1) is 0 Å². The highest BCUT2D eigenvalue weighted by Crippen LogP contribution is 2.34. The molecule has 4 rings (SSSR count). The molecule has 1 atom stereocenters.